The third-order valence-corrected chi connectivity index (χ3v) is 2.55. The zero-order chi connectivity index (χ0) is 12.1. The summed E-state index contributed by atoms with van der Waals surface area (Å²) in [5, 5.41) is 14.4. The van der Waals surface area contributed by atoms with Gasteiger partial charge in [0.1, 0.15) is 5.40 Å². The van der Waals surface area contributed by atoms with Gasteiger partial charge in [-0.2, -0.15) is 5.26 Å². The van der Waals surface area contributed by atoms with Gasteiger partial charge < -0.3 is 5.32 Å². The van der Waals surface area contributed by atoms with Crippen LogP contribution in [0.1, 0.15) is 45.4 Å². The van der Waals surface area contributed by atoms with Gasteiger partial charge in [0.15, 0.2) is 0 Å². The monoisotopic (exact) mass is 240 g/mol. The van der Waals surface area contributed by atoms with Gasteiger partial charge in [-0.3, -0.25) is 4.79 Å². The summed E-state index contributed by atoms with van der Waals surface area (Å²) in [6.07, 6.45) is 8.72. The number of rotatable bonds is 9. The summed E-state index contributed by atoms with van der Waals surface area (Å²) in [6, 6.07) is 0. The normalized spacial score (nSPS) is 10.2. The second kappa shape index (κ2) is 12.1. The SMILES string of the molecule is CCCCCCCCNC(=O)C=CSC#N. The maximum absolute atomic E-state index is 11.1. The number of nitrogens with zero attached hydrogens (tertiary/aromatic N) is 1. The zero-order valence-electron chi connectivity index (χ0n) is 9.87. The Hall–Kier alpha value is -0.950. The smallest absolute Gasteiger partial charge is 0.244 e. The third kappa shape index (κ3) is 11.1. The number of nitrogens with one attached hydrogen (secondary N) is 1. The average Bonchev–Trinajstić information content (AvgIpc) is 2.28. The summed E-state index contributed by atoms with van der Waals surface area (Å²) in [5.41, 5.74) is 0. The Morgan fingerprint density at radius 2 is 2.00 bits per heavy atom. The average molecular weight is 240 g/mol. The molecule has 0 rings (SSSR count). The number of thiocyanates is 1. The third-order valence-electron chi connectivity index (χ3n) is 2.17. The first kappa shape index (κ1) is 15.0. The Kier molecular flexibility index (Phi) is 11.4. The van der Waals surface area contributed by atoms with Crippen molar-refractivity contribution in [2.75, 3.05) is 6.54 Å². The molecule has 0 saturated heterocycles. The maximum atomic E-state index is 11.1. The molecule has 0 aliphatic heterocycles. The Labute approximate surface area is 102 Å². The first-order valence-corrected chi connectivity index (χ1v) is 6.68. The predicted molar refractivity (Wildman–Crippen MR) is 68.7 cm³/mol. The fraction of sp³-hybridized carbons (Fsp3) is 0.667. The Balaban J connectivity index is 3.25. The van der Waals surface area contributed by atoms with Gasteiger partial charge in [0.25, 0.3) is 0 Å². The molecule has 0 aliphatic carbocycles. The van der Waals surface area contributed by atoms with Gasteiger partial charge >= 0.3 is 0 Å². The maximum Gasteiger partial charge on any atom is 0.244 e. The molecule has 1 N–H and O–H groups in total. The zero-order valence-corrected chi connectivity index (χ0v) is 10.7. The molecule has 0 radical (unpaired) electrons. The molecule has 0 aromatic rings. The number of hydrogen-bond donors (Lipinski definition) is 1. The van der Waals surface area contributed by atoms with Crippen LogP contribution in [0.25, 0.3) is 0 Å². The largest absolute Gasteiger partial charge is 0.353 e. The van der Waals surface area contributed by atoms with E-state index in [0.29, 0.717) is 0 Å². The molecule has 90 valence electrons. The molecule has 3 nitrogen and oxygen atoms in total. The lowest BCUT2D eigenvalue weighted by molar-refractivity contribution is -0.116. The number of thioether (sulfide) groups is 1. The number of carbonyl (C=O) groups excluding carboxylic acids is 1. The van der Waals surface area contributed by atoms with Gasteiger partial charge in [-0.15, -0.1) is 0 Å². The fourth-order valence-corrected chi connectivity index (χ4v) is 1.55. The molecule has 0 heterocycles. The summed E-state index contributed by atoms with van der Waals surface area (Å²) >= 11 is 0.953. The van der Waals surface area contributed by atoms with Crippen molar-refractivity contribution >= 4 is 17.7 Å². The van der Waals surface area contributed by atoms with E-state index in [2.05, 4.69) is 12.2 Å². The van der Waals surface area contributed by atoms with Gasteiger partial charge in [-0.25, -0.2) is 0 Å². The van der Waals surface area contributed by atoms with E-state index in [9.17, 15) is 4.79 Å². The van der Waals surface area contributed by atoms with Crippen molar-refractivity contribution < 1.29 is 4.79 Å². The van der Waals surface area contributed by atoms with E-state index in [4.69, 9.17) is 5.26 Å². The molecule has 0 atom stereocenters. The molecule has 16 heavy (non-hydrogen) atoms. The van der Waals surface area contributed by atoms with Crippen LogP contribution in [0.15, 0.2) is 11.5 Å². The van der Waals surface area contributed by atoms with Gasteiger partial charge in [-0.1, -0.05) is 39.0 Å². The van der Waals surface area contributed by atoms with Crippen LogP contribution in [0, 0.1) is 10.7 Å². The van der Waals surface area contributed by atoms with E-state index in [0.717, 1.165) is 24.7 Å². The van der Waals surface area contributed by atoms with Gasteiger partial charge in [-0.05, 0) is 23.6 Å². The van der Waals surface area contributed by atoms with Crippen LogP contribution < -0.4 is 5.32 Å². The minimum Gasteiger partial charge on any atom is -0.353 e. The van der Waals surface area contributed by atoms with Crippen LogP contribution in [0.2, 0.25) is 0 Å². The van der Waals surface area contributed by atoms with Crippen molar-refractivity contribution in [3.8, 4) is 5.40 Å². The minimum absolute atomic E-state index is 0.115. The number of amides is 1. The Morgan fingerprint density at radius 1 is 1.31 bits per heavy atom. The van der Waals surface area contributed by atoms with E-state index in [-0.39, 0.29) is 5.91 Å². The first-order valence-electron chi connectivity index (χ1n) is 5.80. The number of carbonyl (C=O) groups is 1. The minimum atomic E-state index is -0.115. The van der Waals surface area contributed by atoms with Crippen molar-refractivity contribution in [1.29, 1.82) is 5.26 Å². The highest BCUT2D eigenvalue weighted by atomic mass is 32.2. The second-order valence-electron chi connectivity index (χ2n) is 3.57. The van der Waals surface area contributed by atoms with Crippen LogP contribution in [0.4, 0.5) is 0 Å². The van der Waals surface area contributed by atoms with Gasteiger partial charge in [0.05, 0.1) is 0 Å². The quantitative estimate of drug-likeness (QED) is 0.382. The molecule has 4 heteroatoms. The van der Waals surface area contributed by atoms with Gasteiger partial charge in [0.2, 0.25) is 5.91 Å². The number of nitriles is 1. The number of unbranched alkanes of at least 4 members (excludes halogenated alkanes) is 5. The van der Waals surface area contributed by atoms with E-state index in [1.54, 1.807) is 0 Å². The first-order chi connectivity index (χ1) is 7.81. The summed E-state index contributed by atoms with van der Waals surface area (Å²) in [4.78, 5) is 11.1. The predicted octanol–water partition coefficient (Wildman–Crippen LogP) is 3.19. The van der Waals surface area contributed by atoms with Crippen LogP contribution >= 0.6 is 11.8 Å². The standard InChI is InChI=1S/C12H20N2OS/c1-2-3-4-5-6-7-9-14-12(15)8-10-16-11-13/h8,10H,2-7,9H2,1H3,(H,14,15). The molecule has 0 aromatic heterocycles. The highest BCUT2D eigenvalue weighted by molar-refractivity contribution is 8.06. The molecule has 0 aliphatic rings. The topological polar surface area (TPSA) is 52.9 Å². The van der Waals surface area contributed by atoms with Crippen molar-refractivity contribution in [2.45, 2.75) is 45.4 Å². The van der Waals surface area contributed by atoms with Crippen LogP contribution in [0.5, 0.6) is 0 Å². The fourth-order valence-electron chi connectivity index (χ4n) is 1.30. The summed E-state index contributed by atoms with van der Waals surface area (Å²) in [7, 11) is 0. The molecule has 0 fully saturated rings. The van der Waals surface area contributed by atoms with Crippen molar-refractivity contribution in [1.82, 2.24) is 5.32 Å². The number of hydrogen-bond acceptors (Lipinski definition) is 3. The van der Waals surface area contributed by atoms with Crippen molar-refractivity contribution in [2.24, 2.45) is 0 Å². The van der Waals surface area contributed by atoms with E-state index in [1.807, 2.05) is 5.40 Å². The summed E-state index contributed by atoms with van der Waals surface area (Å²) in [5.74, 6) is -0.115. The lowest BCUT2D eigenvalue weighted by Crippen LogP contribution is -2.21. The van der Waals surface area contributed by atoms with Gasteiger partial charge in [0, 0.05) is 12.6 Å². The van der Waals surface area contributed by atoms with Crippen molar-refractivity contribution in [3.05, 3.63) is 11.5 Å². The lowest BCUT2D eigenvalue weighted by atomic mass is 10.1. The van der Waals surface area contributed by atoms with Crippen LogP contribution in [-0.2, 0) is 4.79 Å². The molecular formula is C12H20N2OS. The highest BCUT2D eigenvalue weighted by Gasteiger charge is 1.94. The molecule has 1 amide bonds. The molecule has 0 spiro atoms. The molecule has 0 aromatic carbocycles. The lowest BCUT2D eigenvalue weighted by Gasteiger charge is -2.01. The summed E-state index contributed by atoms with van der Waals surface area (Å²) in [6.45, 7) is 2.93. The highest BCUT2D eigenvalue weighted by Crippen LogP contribution is 2.04. The van der Waals surface area contributed by atoms with Crippen LogP contribution in [-0.4, -0.2) is 12.5 Å². The van der Waals surface area contributed by atoms with Crippen LogP contribution in [0.3, 0.4) is 0 Å². The Bertz CT molecular complexity index is 246. The molecular weight excluding hydrogens is 220 g/mol. The molecule has 0 bridgehead atoms. The molecule has 0 unspecified atom stereocenters. The Morgan fingerprint density at radius 3 is 2.69 bits per heavy atom. The van der Waals surface area contributed by atoms with E-state index in [1.165, 1.54) is 43.6 Å². The van der Waals surface area contributed by atoms with E-state index < -0.39 is 0 Å². The second-order valence-corrected chi connectivity index (χ2v) is 4.26. The van der Waals surface area contributed by atoms with E-state index >= 15 is 0 Å². The molecule has 0 saturated carbocycles. The summed E-state index contributed by atoms with van der Waals surface area (Å²) < 4.78 is 0. The van der Waals surface area contributed by atoms with Crippen molar-refractivity contribution in [3.63, 3.8) is 0 Å².